The molecule has 1 unspecified atom stereocenters. The summed E-state index contributed by atoms with van der Waals surface area (Å²) in [6.45, 7) is 4.23. The topological polar surface area (TPSA) is 73.1 Å². The van der Waals surface area contributed by atoms with Crippen LogP contribution in [0.15, 0.2) is 42.6 Å². The predicted molar refractivity (Wildman–Crippen MR) is 128 cm³/mol. The van der Waals surface area contributed by atoms with E-state index >= 15 is 0 Å². The lowest BCUT2D eigenvalue weighted by molar-refractivity contribution is -0.134. The Morgan fingerprint density at radius 2 is 1.91 bits per heavy atom. The second-order valence-electron chi connectivity index (χ2n) is 9.66. The molecule has 2 aliphatic carbocycles. The number of para-hydroxylation sites is 1. The zero-order chi connectivity index (χ0) is 22.5. The van der Waals surface area contributed by atoms with Crippen molar-refractivity contribution in [3.8, 4) is 17.2 Å². The number of pyridine rings is 2. The van der Waals surface area contributed by atoms with Crippen molar-refractivity contribution in [3.63, 3.8) is 0 Å². The Bertz CT molecular complexity index is 1280. The predicted octanol–water partition coefficient (Wildman–Crippen LogP) is 4.49. The van der Waals surface area contributed by atoms with Crippen molar-refractivity contribution in [1.82, 2.24) is 14.9 Å². The lowest BCUT2D eigenvalue weighted by Crippen LogP contribution is -2.54. The summed E-state index contributed by atoms with van der Waals surface area (Å²) < 4.78 is 0. The number of hydrogen-bond donors (Lipinski definition) is 0. The lowest BCUT2D eigenvalue weighted by atomic mass is 9.96. The van der Waals surface area contributed by atoms with Crippen molar-refractivity contribution in [1.29, 1.82) is 5.26 Å². The molecule has 166 valence electrons. The number of anilines is 1. The Kier molecular flexibility index (Phi) is 4.79. The average Bonchev–Trinajstić information content (AvgIpc) is 3.76. The van der Waals surface area contributed by atoms with Crippen molar-refractivity contribution in [2.75, 3.05) is 24.5 Å². The van der Waals surface area contributed by atoms with E-state index in [1.54, 1.807) is 0 Å². The number of amides is 1. The number of carbonyl (C=O) groups is 1. The maximum absolute atomic E-state index is 12.6. The average molecular weight is 438 g/mol. The van der Waals surface area contributed by atoms with Crippen LogP contribution < -0.4 is 4.90 Å². The Hall–Kier alpha value is -3.46. The van der Waals surface area contributed by atoms with Crippen LogP contribution in [0.2, 0.25) is 0 Å². The molecule has 0 bridgehead atoms. The molecule has 0 spiro atoms. The zero-order valence-electron chi connectivity index (χ0n) is 18.9. The molecule has 2 aromatic heterocycles. The van der Waals surface area contributed by atoms with Crippen LogP contribution in [0.1, 0.15) is 49.8 Å². The van der Waals surface area contributed by atoms with Gasteiger partial charge in [-0.2, -0.15) is 5.26 Å². The minimum absolute atomic E-state index is 0.119. The Morgan fingerprint density at radius 3 is 2.64 bits per heavy atom. The summed E-state index contributed by atoms with van der Waals surface area (Å²) >= 11 is 0. The van der Waals surface area contributed by atoms with Gasteiger partial charge in [0.25, 0.3) is 0 Å². The largest absolute Gasteiger partial charge is 0.352 e. The van der Waals surface area contributed by atoms with Crippen molar-refractivity contribution >= 4 is 22.6 Å². The van der Waals surface area contributed by atoms with E-state index < -0.39 is 0 Å². The van der Waals surface area contributed by atoms with Crippen LogP contribution in [0.3, 0.4) is 0 Å². The molecule has 6 heteroatoms. The third kappa shape index (κ3) is 3.62. The molecule has 3 aliphatic rings. The van der Waals surface area contributed by atoms with Gasteiger partial charge in [0.2, 0.25) is 5.91 Å². The highest BCUT2D eigenvalue weighted by Gasteiger charge is 2.38. The minimum Gasteiger partial charge on any atom is -0.352 e. The fraction of sp³-hybridized carbons (Fsp3) is 0.407. The number of nitrogens with zero attached hydrogens (tertiary/aromatic N) is 5. The van der Waals surface area contributed by atoms with E-state index in [9.17, 15) is 10.1 Å². The van der Waals surface area contributed by atoms with Gasteiger partial charge in [0.15, 0.2) is 0 Å². The molecule has 6 rings (SSSR count). The monoisotopic (exact) mass is 437 g/mol. The maximum atomic E-state index is 12.6. The van der Waals surface area contributed by atoms with Crippen LogP contribution in [-0.4, -0.2) is 46.5 Å². The van der Waals surface area contributed by atoms with Gasteiger partial charge in [-0.15, -0.1) is 0 Å². The fourth-order valence-electron chi connectivity index (χ4n) is 5.10. The smallest absolute Gasteiger partial charge is 0.226 e. The quantitative estimate of drug-likeness (QED) is 0.601. The Morgan fingerprint density at radius 1 is 1.09 bits per heavy atom. The van der Waals surface area contributed by atoms with Crippen LogP contribution in [0.5, 0.6) is 0 Å². The molecule has 6 nitrogen and oxygen atoms in total. The van der Waals surface area contributed by atoms with Crippen molar-refractivity contribution in [2.24, 2.45) is 5.92 Å². The molecule has 0 radical (unpaired) electrons. The van der Waals surface area contributed by atoms with Crippen LogP contribution in [0, 0.1) is 17.2 Å². The van der Waals surface area contributed by atoms with Gasteiger partial charge in [-0.05, 0) is 56.4 Å². The van der Waals surface area contributed by atoms with E-state index in [4.69, 9.17) is 4.98 Å². The first-order valence-electron chi connectivity index (χ1n) is 12.0. The molecule has 1 aliphatic heterocycles. The first kappa shape index (κ1) is 20.2. The third-order valence-corrected chi connectivity index (χ3v) is 7.19. The Balaban J connectivity index is 1.39. The van der Waals surface area contributed by atoms with Gasteiger partial charge < -0.3 is 9.80 Å². The number of fused-ring (bicyclic) bond motifs is 1. The summed E-state index contributed by atoms with van der Waals surface area (Å²) in [5.41, 5.74) is 4.77. The number of piperazine rings is 1. The van der Waals surface area contributed by atoms with E-state index in [2.05, 4.69) is 28.9 Å². The number of rotatable bonds is 4. The van der Waals surface area contributed by atoms with E-state index in [1.165, 1.54) is 0 Å². The second-order valence-corrected chi connectivity index (χ2v) is 9.66. The van der Waals surface area contributed by atoms with Crippen molar-refractivity contribution in [2.45, 2.75) is 44.6 Å². The molecule has 3 fully saturated rings. The normalized spacial score (nSPS) is 20.7. The third-order valence-electron chi connectivity index (χ3n) is 7.19. The van der Waals surface area contributed by atoms with Gasteiger partial charge in [-0.25, -0.2) is 4.98 Å². The van der Waals surface area contributed by atoms with Crippen LogP contribution in [0.25, 0.3) is 22.0 Å². The number of carbonyl (C=O) groups excluding carboxylic acids is 1. The van der Waals surface area contributed by atoms with Gasteiger partial charge in [0, 0.05) is 54.7 Å². The highest BCUT2D eigenvalue weighted by molar-refractivity contribution is 5.95. The van der Waals surface area contributed by atoms with Crippen LogP contribution in [-0.2, 0) is 4.79 Å². The molecule has 1 aromatic carbocycles. The van der Waals surface area contributed by atoms with Crippen LogP contribution in [0.4, 0.5) is 5.82 Å². The minimum atomic E-state index is 0.119. The number of hydrogen-bond acceptors (Lipinski definition) is 5. The van der Waals surface area contributed by atoms with Gasteiger partial charge in [-0.3, -0.25) is 9.78 Å². The summed E-state index contributed by atoms with van der Waals surface area (Å²) in [6.07, 6.45) is 6.17. The summed E-state index contributed by atoms with van der Waals surface area (Å²) in [5.74, 6) is 1.75. The van der Waals surface area contributed by atoms with E-state index in [-0.39, 0.29) is 12.0 Å². The molecule has 2 saturated carbocycles. The van der Waals surface area contributed by atoms with Crippen molar-refractivity contribution in [3.05, 3.63) is 53.9 Å². The molecule has 33 heavy (non-hydrogen) atoms. The van der Waals surface area contributed by atoms with Gasteiger partial charge in [-0.1, -0.05) is 18.2 Å². The highest BCUT2D eigenvalue weighted by atomic mass is 16.2. The first-order chi connectivity index (χ1) is 16.1. The fourth-order valence-corrected chi connectivity index (χ4v) is 5.10. The molecular weight excluding hydrogens is 410 g/mol. The van der Waals surface area contributed by atoms with Gasteiger partial charge in [0.05, 0.1) is 16.8 Å². The van der Waals surface area contributed by atoms with Crippen LogP contribution >= 0.6 is 0 Å². The van der Waals surface area contributed by atoms with Crippen molar-refractivity contribution < 1.29 is 4.79 Å². The molecule has 3 aromatic rings. The van der Waals surface area contributed by atoms with Gasteiger partial charge in [0.1, 0.15) is 11.9 Å². The molecule has 1 amide bonds. The molecule has 1 atom stereocenters. The molecule has 3 heterocycles. The van der Waals surface area contributed by atoms with E-state index in [1.807, 2.05) is 41.4 Å². The summed E-state index contributed by atoms with van der Waals surface area (Å²) in [4.78, 5) is 26.5. The summed E-state index contributed by atoms with van der Waals surface area (Å²) in [6, 6.07) is 14.7. The summed E-state index contributed by atoms with van der Waals surface area (Å²) in [5, 5.41) is 11.2. The second kappa shape index (κ2) is 7.84. The van der Waals surface area contributed by atoms with E-state index in [0.717, 1.165) is 59.2 Å². The SMILES string of the molecule is CC1CN(c2nc(C3CC3)c(-c3ccnc4ccccc34)cc2C#N)CCN1C(=O)C1CC1. The first-order valence-corrected chi connectivity index (χ1v) is 12.0. The molecular formula is C27H27N5O. The number of benzene rings is 1. The Labute approximate surface area is 193 Å². The lowest BCUT2D eigenvalue weighted by Gasteiger charge is -2.41. The highest BCUT2D eigenvalue weighted by Crippen LogP contribution is 2.46. The summed E-state index contributed by atoms with van der Waals surface area (Å²) in [7, 11) is 0. The zero-order valence-corrected chi connectivity index (χ0v) is 18.9. The maximum Gasteiger partial charge on any atom is 0.226 e. The molecule has 1 saturated heterocycles. The van der Waals surface area contributed by atoms with E-state index in [0.29, 0.717) is 37.0 Å². The molecule has 0 N–H and O–H groups in total. The van der Waals surface area contributed by atoms with Gasteiger partial charge >= 0.3 is 0 Å². The number of aromatic nitrogens is 2. The standard InChI is InChI=1S/C27H27N5O/c1-17-16-31(12-13-32(17)27(33)19-8-9-19)26-20(15-28)14-23(25(30-26)18-6-7-18)21-10-11-29-24-5-3-2-4-22(21)24/h2-5,10-11,14,17-19H,6-9,12-13,16H2,1H3. The number of nitriles is 1.